The lowest BCUT2D eigenvalue weighted by atomic mass is 9.92. The largest absolute Gasteiger partial charge is 0.306 e. The lowest BCUT2D eigenvalue weighted by Crippen LogP contribution is -2.18. The van der Waals surface area contributed by atoms with Gasteiger partial charge in [0.1, 0.15) is 0 Å². The van der Waals surface area contributed by atoms with Crippen molar-refractivity contribution in [2.45, 2.75) is 32.1 Å². The van der Waals surface area contributed by atoms with Crippen LogP contribution in [0, 0.1) is 6.92 Å². The summed E-state index contributed by atoms with van der Waals surface area (Å²) in [5.74, 6) is 0.788. The monoisotopic (exact) mass is 203 g/mol. The van der Waals surface area contributed by atoms with Gasteiger partial charge >= 0.3 is 0 Å². The van der Waals surface area contributed by atoms with E-state index in [4.69, 9.17) is 0 Å². The molecular weight excluding hydrogens is 182 g/mol. The third-order valence-electron chi connectivity index (χ3n) is 3.50. The molecule has 1 heteroatoms. The van der Waals surface area contributed by atoms with Crippen LogP contribution in [0.1, 0.15) is 36.3 Å². The van der Waals surface area contributed by atoms with E-state index in [-0.39, 0.29) is 0 Å². The number of hydrogen-bond donors (Lipinski definition) is 0. The lowest BCUT2D eigenvalue weighted by Gasteiger charge is -2.15. The van der Waals surface area contributed by atoms with Crippen molar-refractivity contribution >= 4 is 0 Å². The molecular formula is C14H21N. The summed E-state index contributed by atoms with van der Waals surface area (Å²) >= 11 is 0. The number of benzene rings is 1. The Morgan fingerprint density at radius 3 is 2.53 bits per heavy atom. The summed E-state index contributed by atoms with van der Waals surface area (Å²) in [6, 6.07) is 9.10. The topological polar surface area (TPSA) is 3.24 Å². The molecule has 2 rings (SSSR count). The van der Waals surface area contributed by atoms with Gasteiger partial charge in [0, 0.05) is 0 Å². The molecule has 1 heterocycles. The van der Waals surface area contributed by atoms with Crippen molar-refractivity contribution in [3.8, 4) is 0 Å². The standard InChI is InChI=1S/C14H21N/c1-12-5-7-14(8-6-12)13-4-3-10-15(2)11-9-13/h5-8,13H,3-4,9-11H2,1-2H3. The minimum absolute atomic E-state index is 0.788. The van der Waals surface area contributed by atoms with Gasteiger partial charge in [-0.3, -0.25) is 0 Å². The molecule has 15 heavy (non-hydrogen) atoms. The van der Waals surface area contributed by atoms with E-state index >= 15 is 0 Å². The minimum Gasteiger partial charge on any atom is -0.306 e. The molecule has 0 spiro atoms. The van der Waals surface area contributed by atoms with Crippen molar-refractivity contribution in [3.63, 3.8) is 0 Å². The summed E-state index contributed by atoms with van der Waals surface area (Å²) in [7, 11) is 2.23. The molecule has 0 amide bonds. The normalized spacial score (nSPS) is 23.7. The van der Waals surface area contributed by atoms with Crippen LogP contribution in [0.15, 0.2) is 24.3 Å². The Kier molecular flexibility index (Phi) is 3.42. The van der Waals surface area contributed by atoms with Crippen LogP contribution in [0.5, 0.6) is 0 Å². The molecule has 0 radical (unpaired) electrons. The molecule has 1 aromatic rings. The predicted octanol–water partition coefficient (Wildman–Crippen LogP) is 3.19. The SMILES string of the molecule is Cc1ccc(C2CCCN(C)CC2)cc1. The average molecular weight is 203 g/mol. The van der Waals surface area contributed by atoms with E-state index in [1.165, 1.54) is 43.5 Å². The Balaban J connectivity index is 2.06. The number of aryl methyl sites for hydroxylation is 1. The Morgan fingerprint density at radius 1 is 1.07 bits per heavy atom. The van der Waals surface area contributed by atoms with Crippen molar-refractivity contribution in [1.29, 1.82) is 0 Å². The van der Waals surface area contributed by atoms with Gasteiger partial charge < -0.3 is 4.90 Å². The van der Waals surface area contributed by atoms with Crippen LogP contribution in [0.3, 0.4) is 0 Å². The number of hydrogen-bond acceptors (Lipinski definition) is 1. The quantitative estimate of drug-likeness (QED) is 0.677. The van der Waals surface area contributed by atoms with E-state index in [9.17, 15) is 0 Å². The van der Waals surface area contributed by atoms with Gasteiger partial charge in [-0.05, 0) is 57.8 Å². The van der Waals surface area contributed by atoms with Gasteiger partial charge in [-0.1, -0.05) is 29.8 Å². The third-order valence-corrected chi connectivity index (χ3v) is 3.50. The predicted molar refractivity (Wildman–Crippen MR) is 65.3 cm³/mol. The van der Waals surface area contributed by atoms with Crippen LogP contribution in [0.2, 0.25) is 0 Å². The molecule has 0 bridgehead atoms. The second-order valence-electron chi connectivity index (χ2n) is 4.84. The van der Waals surface area contributed by atoms with Crippen LogP contribution in [0.4, 0.5) is 0 Å². The first-order chi connectivity index (χ1) is 7.25. The fraction of sp³-hybridized carbons (Fsp3) is 0.571. The summed E-state index contributed by atoms with van der Waals surface area (Å²) in [4.78, 5) is 2.45. The van der Waals surface area contributed by atoms with Crippen molar-refractivity contribution in [1.82, 2.24) is 4.90 Å². The highest BCUT2D eigenvalue weighted by Crippen LogP contribution is 2.27. The molecule has 1 atom stereocenters. The summed E-state index contributed by atoms with van der Waals surface area (Å²) in [6.45, 7) is 4.67. The summed E-state index contributed by atoms with van der Waals surface area (Å²) in [6.07, 6.45) is 4.02. The van der Waals surface area contributed by atoms with Crippen LogP contribution in [-0.2, 0) is 0 Å². The van der Waals surface area contributed by atoms with Crippen LogP contribution >= 0.6 is 0 Å². The summed E-state index contributed by atoms with van der Waals surface area (Å²) in [5.41, 5.74) is 2.90. The van der Waals surface area contributed by atoms with Gasteiger partial charge in [0.15, 0.2) is 0 Å². The zero-order valence-electron chi connectivity index (χ0n) is 9.87. The average Bonchev–Trinajstić information content (AvgIpc) is 2.44. The summed E-state index contributed by atoms with van der Waals surface area (Å²) < 4.78 is 0. The molecule has 82 valence electrons. The minimum atomic E-state index is 0.788. The molecule has 1 unspecified atom stereocenters. The van der Waals surface area contributed by atoms with Gasteiger partial charge in [0.25, 0.3) is 0 Å². The molecule has 1 saturated heterocycles. The molecule has 1 aliphatic rings. The maximum Gasteiger partial charge on any atom is -0.00160 e. The van der Waals surface area contributed by atoms with Crippen molar-refractivity contribution < 1.29 is 0 Å². The molecule has 0 N–H and O–H groups in total. The maximum atomic E-state index is 2.45. The Labute approximate surface area is 93.1 Å². The first kappa shape index (κ1) is 10.7. The zero-order valence-corrected chi connectivity index (χ0v) is 9.87. The lowest BCUT2D eigenvalue weighted by molar-refractivity contribution is 0.347. The maximum absolute atomic E-state index is 2.45. The molecule has 1 aliphatic heterocycles. The molecule has 0 aromatic heterocycles. The van der Waals surface area contributed by atoms with Gasteiger partial charge in [0.2, 0.25) is 0 Å². The van der Waals surface area contributed by atoms with Gasteiger partial charge in [-0.2, -0.15) is 0 Å². The van der Waals surface area contributed by atoms with E-state index in [0.29, 0.717) is 0 Å². The van der Waals surface area contributed by atoms with Crippen molar-refractivity contribution in [3.05, 3.63) is 35.4 Å². The van der Waals surface area contributed by atoms with Crippen molar-refractivity contribution in [2.75, 3.05) is 20.1 Å². The highest BCUT2D eigenvalue weighted by molar-refractivity contribution is 5.24. The number of likely N-dealkylation sites (tertiary alicyclic amines) is 1. The summed E-state index contributed by atoms with van der Waals surface area (Å²) in [5, 5.41) is 0. The smallest absolute Gasteiger partial charge is 0.00160 e. The molecule has 1 fully saturated rings. The highest BCUT2D eigenvalue weighted by atomic mass is 15.1. The van der Waals surface area contributed by atoms with Crippen molar-refractivity contribution in [2.24, 2.45) is 0 Å². The Morgan fingerprint density at radius 2 is 1.80 bits per heavy atom. The van der Waals surface area contributed by atoms with E-state index in [1.54, 1.807) is 0 Å². The van der Waals surface area contributed by atoms with E-state index in [0.717, 1.165) is 5.92 Å². The fourth-order valence-corrected chi connectivity index (χ4v) is 2.41. The second kappa shape index (κ2) is 4.80. The fourth-order valence-electron chi connectivity index (χ4n) is 2.41. The van der Waals surface area contributed by atoms with E-state index in [1.807, 2.05) is 0 Å². The van der Waals surface area contributed by atoms with Gasteiger partial charge in [-0.25, -0.2) is 0 Å². The first-order valence-corrected chi connectivity index (χ1v) is 6.01. The number of rotatable bonds is 1. The van der Waals surface area contributed by atoms with Crippen LogP contribution in [-0.4, -0.2) is 25.0 Å². The van der Waals surface area contributed by atoms with Crippen LogP contribution in [0.25, 0.3) is 0 Å². The first-order valence-electron chi connectivity index (χ1n) is 6.01. The third kappa shape index (κ3) is 2.82. The molecule has 0 aliphatic carbocycles. The van der Waals surface area contributed by atoms with Gasteiger partial charge in [-0.15, -0.1) is 0 Å². The van der Waals surface area contributed by atoms with Crippen LogP contribution < -0.4 is 0 Å². The van der Waals surface area contributed by atoms with E-state index in [2.05, 4.69) is 43.1 Å². The molecule has 0 saturated carbocycles. The molecule has 1 nitrogen and oxygen atoms in total. The second-order valence-corrected chi connectivity index (χ2v) is 4.84. The highest BCUT2D eigenvalue weighted by Gasteiger charge is 2.15. The molecule has 1 aromatic carbocycles. The zero-order chi connectivity index (χ0) is 10.7. The Hall–Kier alpha value is -0.820. The Bertz CT molecular complexity index is 302. The number of nitrogens with zero attached hydrogens (tertiary/aromatic N) is 1. The van der Waals surface area contributed by atoms with Gasteiger partial charge in [0.05, 0.1) is 0 Å². The van der Waals surface area contributed by atoms with E-state index < -0.39 is 0 Å².